The lowest BCUT2D eigenvalue weighted by atomic mass is 10.1. The van der Waals surface area contributed by atoms with Crippen LogP contribution in [0, 0.1) is 5.92 Å². The maximum absolute atomic E-state index is 6.10. The number of nitrogens with zero attached hydrogens (tertiary/aromatic N) is 4. The summed E-state index contributed by atoms with van der Waals surface area (Å²) in [5.74, 6) is 1.44. The largest absolute Gasteiger partial charge is 0.367 e. The van der Waals surface area contributed by atoms with Crippen molar-refractivity contribution in [3.63, 3.8) is 0 Å². The highest BCUT2D eigenvalue weighted by atomic mass is 35.5. The molecule has 1 saturated carbocycles. The zero-order valence-corrected chi connectivity index (χ0v) is 10.1. The molecule has 2 heterocycles. The lowest BCUT2D eigenvalue weighted by Gasteiger charge is -2.11. The summed E-state index contributed by atoms with van der Waals surface area (Å²) in [6.07, 6.45) is 8.66. The summed E-state index contributed by atoms with van der Waals surface area (Å²) in [5.41, 5.74) is 0.771. The maximum atomic E-state index is 6.10. The van der Waals surface area contributed by atoms with E-state index in [1.165, 1.54) is 6.42 Å². The van der Waals surface area contributed by atoms with Gasteiger partial charge in [0.15, 0.2) is 5.82 Å². The van der Waals surface area contributed by atoms with E-state index in [1.807, 2.05) is 10.6 Å². The minimum atomic E-state index is 0.346. The fourth-order valence-corrected chi connectivity index (χ4v) is 2.70. The number of hydrogen-bond donors (Lipinski definition) is 1. The smallest absolute Gasteiger partial charge is 0.203 e. The molecule has 0 saturated heterocycles. The third-order valence-electron chi connectivity index (χ3n) is 3.25. The van der Waals surface area contributed by atoms with Gasteiger partial charge in [-0.15, -0.1) is 21.8 Å². The van der Waals surface area contributed by atoms with Gasteiger partial charge in [0.05, 0.1) is 0 Å². The van der Waals surface area contributed by atoms with E-state index in [-0.39, 0.29) is 0 Å². The Morgan fingerprint density at radius 2 is 2.41 bits per heavy atom. The van der Waals surface area contributed by atoms with Crippen molar-refractivity contribution in [2.75, 3.05) is 11.9 Å². The van der Waals surface area contributed by atoms with Crippen LogP contribution in [0.25, 0.3) is 5.65 Å². The van der Waals surface area contributed by atoms with Crippen LogP contribution in [0.15, 0.2) is 18.7 Å². The summed E-state index contributed by atoms with van der Waals surface area (Å²) < 4.78 is 1.86. The zero-order valence-electron chi connectivity index (χ0n) is 9.38. The molecule has 0 bridgehead atoms. The summed E-state index contributed by atoms with van der Waals surface area (Å²) in [6, 6.07) is 0. The summed E-state index contributed by atoms with van der Waals surface area (Å²) in [4.78, 5) is 4.29. The normalized spacial score (nSPS) is 24.3. The van der Waals surface area contributed by atoms with Gasteiger partial charge in [0.1, 0.15) is 6.33 Å². The second-order valence-electron chi connectivity index (χ2n) is 4.49. The Hall–Kier alpha value is -1.36. The number of halogens is 1. The summed E-state index contributed by atoms with van der Waals surface area (Å²) in [6.45, 7) is 0.906. The summed E-state index contributed by atoms with van der Waals surface area (Å²) in [5, 5.41) is 11.6. The molecule has 2 atom stereocenters. The lowest BCUT2D eigenvalue weighted by Crippen LogP contribution is -2.13. The molecule has 0 spiro atoms. The van der Waals surface area contributed by atoms with Crippen LogP contribution < -0.4 is 5.32 Å². The molecular weight excluding hydrogens is 238 g/mol. The molecule has 1 N–H and O–H groups in total. The number of hydrogen-bond acceptors (Lipinski definition) is 4. The number of nitrogens with one attached hydrogen (secondary N) is 1. The first-order valence-electron chi connectivity index (χ1n) is 5.85. The fourth-order valence-electron chi connectivity index (χ4n) is 2.32. The van der Waals surface area contributed by atoms with Gasteiger partial charge < -0.3 is 5.32 Å². The summed E-state index contributed by atoms with van der Waals surface area (Å²) >= 11 is 6.10. The Bertz CT molecular complexity index is 511. The van der Waals surface area contributed by atoms with E-state index >= 15 is 0 Å². The van der Waals surface area contributed by atoms with Gasteiger partial charge in [-0.2, -0.15) is 0 Å². The van der Waals surface area contributed by atoms with Crippen molar-refractivity contribution in [3.8, 4) is 0 Å². The van der Waals surface area contributed by atoms with Crippen LogP contribution >= 0.6 is 11.6 Å². The van der Waals surface area contributed by atoms with Crippen LogP contribution in [0.3, 0.4) is 0 Å². The third kappa shape index (κ3) is 2.20. The van der Waals surface area contributed by atoms with Crippen molar-refractivity contribution in [1.29, 1.82) is 0 Å². The van der Waals surface area contributed by atoms with Gasteiger partial charge in [-0.25, -0.2) is 4.98 Å². The Morgan fingerprint density at radius 1 is 1.47 bits per heavy atom. The molecular formula is C11H14ClN5. The fraction of sp³-hybridized carbons (Fsp3) is 0.545. The molecule has 0 amide bonds. The van der Waals surface area contributed by atoms with Gasteiger partial charge in [-0.1, -0.05) is 0 Å². The molecule has 0 aromatic carbocycles. The average molecular weight is 252 g/mol. The minimum absolute atomic E-state index is 0.346. The molecule has 90 valence electrons. The van der Waals surface area contributed by atoms with E-state index < -0.39 is 0 Å². The minimum Gasteiger partial charge on any atom is -0.367 e. The molecule has 5 nitrogen and oxygen atoms in total. The highest BCUT2D eigenvalue weighted by Gasteiger charge is 2.22. The van der Waals surface area contributed by atoms with Crippen molar-refractivity contribution < 1.29 is 0 Å². The predicted octanol–water partition coefficient (Wildman–Crippen LogP) is 1.94. The van der Waals surface area contributed by atoms with Crippen LogP contribution in [0.5, 0.6) is 0 Å². The average Bonchev–Trinajstić information content (AvgIpc) is 2.94. The van der Waals surface area contributed by atoms with Crippen LogP contribution in [0.1, 0.15) is 19.3 Å². The molecule has 0 aliphatic heterocycles. The van der Waals surface area contributed by atoms with E-state index in [9.17, 15) is 0 Å². The van der Waals surface area contributed by atoms with Gasteiger partial charge >= 0.3 is 0 Å². The quantitative estimate of drug-likeness (QED) is 0.848. The van der Waals surface area contributed by atoms with E-state index in [2.05, 4.69) is 20.5 Å². The standard InChI is InChI=1S/C11H14ClN5/c12-9-2-1-8(5-9)6-14-10-11-16-15-7-17(11)4-3-13-10/h3-4,7-9H,1-2,5-6H2,(H,13,14). The predicted molar refractivity (Wildman–Crippen MR) is 66.3 cm³/mol. The number of rotatable bonds is 3. The van der Waals surface area contributed by atoms with Crippen LogP contribution in [0.4, 0.5) is 5.82 Å². The number of anilines is 1. The van der Waals surface area contributed by atoms with Gasteiger partial charge in [-0.3, -0.25) is 4.40 Å². The first-order chi connectivity index (χ1) is 8.33. The van der Waals surface area contributed by atoms with Crippen LogP contribution in [0.2, 0.25) is 0 Å². The van der Waals surface area contributed by atoms with E-state index in [4.69, 9.17) is 11.6 Å². The van der Waals surface area contributed by atoms with Crippen molar-refractivity contribution >= 4 is 23.1 Å². The zero-order chi connectivity index (χ0) is 11.7. The number of aromatic nitrogens is 4. The molecule has 1 aliphatic carbocycles. The Morgan fingerprint density at radius 3 is 3.24 bits per heavy atom. The molecule has 17 heavy (non-hydrogen) atoms. The molecule has 1 fully saturated rings. The third-order valence-corrected chi connectivity index (χ3v) is 3.65. The monoisotopic (exact) mass is 251 g/mol. The molecule has 3 rings (SSSR count). The van der Waals surface area contributed by atoms with Crippen molar-refractivity contribution in [1.82, 2.24) is 19.6 Å². The topological polar surface area (TPSA) is 55.1 Å². The second-order valence-corrected chi connectivity index (χ2v) is 5.11. The van der Waals surface area contributed by atoms with E-state index in [0.29, 0.717) is 11.3 Å². The van der Waals surface area contributed by atoms with Gasteiger partial charge in [-0.05, 0) is 25.2 Å². The van der Waals surface area contributed by atoms with Gasteiger partial charge in [0.25, 0.3) is 0 Å². The second kappa shape index (κ2) is 4.49. The Balaban J connectivity index is 1.70. The Kier molecular flexibility index (Phi) is 2.84. The van der Waals surface area contributed by atoms with E-state index in [0.717, 1.165) is 30.9 Å². The first kappa shape index (κ1) is 10.8. The molecule has 0 radical (unpaired) electrons. The van der Waals surface area contributed by atoms with E-state index in [1.54, 1.807) is 12.5 Å². The van der Waals surface area contributed by atoms with Crippen molar-refractivity contribution in [2.24, 2.45) is 5.92 Å². The molecule has 2 aromatic rings. The number of alkyl halides is 1. The summed E-state index contributed by atoms with van der Waals surface area (Å²) in [7, 11) is 0. The van der Waals surface area contributed by atoms with Crippen molar-refractivity contribution in [3.05, 3.63) is 18.7 Å². The van der Waals surface area contributed by atoms with Gasteiger partial charge in [0, 0.05) is 24.3 Å². The highest BCUT2D eigenvalue weighted by molar-refractivity contribution is 6.20. The molecule has 2 unspecified atom stereocenters. The molecule has 2 aromatic heterocycles. The first-order valence-corrected chi connectivity index (χ1v) is 6.29. The van der Waals surface area contributed by atoms with Gasteiger partial charge in [0.2, 0.25) is 5.65 Å². The molecule has 1 aliphatic rings. The molecule has 6 heteroatoms. The van der Waals surface area contributed by atoms with Crippen LogP contribution in [-0.4, -0.2) is 31.5 Å². The van der Waals surface area contributed by atoms with Crippen LogP contribution in [-0.2, 0) is 0 Å². The highest BCUT2D eigenvalue weighted by Crippen LogP contribution is 2.29. The maximum Gasteiger partial charge on any atom is 0.203 e. The van der Waals surface area contributed by atoms with Crippen molar-refractivity contribution in [2.45, 2.75) is 24.6 Å². The Labute approximate surface area is 104 Å². The SMILES string of the molecule is ClC1CCC(CNc2nccn3cnnc23)C1. The number of fused-ring (bicyclic) bond motifs is 1. The lowest BCUT2D eigenvalue weighted by molar-refractivity contribution is 0.579.